The molecule has 0 aliphatic rings. The Morgan fingerprint density at radius 1 is 0.906 bits per heavy atom. The maximum Gasteiger partial charge on any atom is 0.323 e. The van der Waals surface area contributed by atoms with Crippen molar-refractivity contribution in [3.05, 3.63) is 72.3 Å². The number of rotatable bonds is 6. The number of nitrogens with one attached hydrogen (secondary N) is 4. The molecule has 8 nitrogen and oxygen atoms in total. The van der Waals surface area contributed by atoms with Gasteiger partial charge in [-0.05, 0) is 17.7 Å². The molecule has 0 saturated carbocycles. The predicted molar refractivity (Wildman–Crippen MR) is 113 cm³/mol. The molecular weight excluding hydrogens is 665 g/mol. The van der Waals surface area contributed by atoms with Crippen LogP contribution >= 0.6 is 0 Å². The minimum absolute atomic E-state index is 0. The molecule has 2 aromatic carbocycles. The number of nitrogens with two attached hydrogens (primary N) is 1. The zero-order valence-electron chi connectivity index (χ0n) is 16.5. The number of halogens is 2. The number of aromatic amines is 1. The van der Waals surface area contributed by atoms with Crippen LogP contribution in [-0.2, 0) is 4.79 Å². The molecule has 172 valence electrons. The van der Waals surface area contributed by atoms with Crippen molar-refractivity contribution in [3.8, 4) is 11.1 Å². The third-order valence-corrected chi connectivity index (χ3v) is 4.24. The van der Waals surface area contributed by atoms with Gasteiger partial charge in [0.25, 0.3) is 5.91 Å². The number of carbonyl (C=O) groups excluding carboxylic acids is 3. The Balaban J connectivity index is 0.00000363. The summed E-state index contributed by atoms with van der Waals surface area (Å²) in [6.07, 6.45) is -0.260. The summed E-state index contributed by atoms with van der Waals surface area (Å²) in [6.45, 7) is 1.31. The second kappa shape index (κ2) is 9.44. The molecule has 0 aliphatic carbocycles. The van der Waals surface area contributed by atoms with E-state index in [4.69, 9.17) is 5.73 Å². The number of benzene rings is 2. The number of amides is 4. The standard InChI is InChI=1S/C21H18F2N5O3.Fm/c1-11(29)26-20-17(19(24)30)16(10-25-20)12-2-6-14(7-3-12)27-21(31)28-15-8-4-13(5-9-15)18(22)23;/h2-10,25H,1H3,(H2,24,30)(H,26,29)(H2,27,28,31);/q-1;. The molecule has 0 fully saturated rings. The van der Waals surface area contributed by atoms with Gasteiger partial charge in [-0.3, -0.25) is 18.4 Å². The van der Waals surface area contributed by atoms with Gasteiger partial charge in [0.15, 0.2) is 6.43 Å². The molecule has 4 amide bonds. The average Bonchev–Trinajstić information content (AvgIpc) is 3.12. The van der Waals surface area contributed by atoms with Crippen LogP contribution in [0.4, 0.5) is 30.8 Å². The minimum atomic E-state index is -1.80. The van der Waals surface area contributed by atoms with Crippen molar-refractivity contribution in [1.29, 1.82) is 0 Å². The van der Waals surface area contributed by atoms with E-state index in [1.165, 1.54) is 31.2 Å². The molecule has 6 N–H and O–H groups in total. The molecular formula is C21H18F2FmN5O3-. The molecule has 0 aliphatic heterocycles. The second-order valence-corrected chi connectivity index (χ2v) is 6.49. The summed E-state index contributed by atoms with van der Waals surface area (Å²) in [5, 5.41) is 7.66. The first-order valence-electron chi connectivity index (χ1n) is 9.00. The third kappa shape index (κ3) is 5.17. The fraction of sp³-hybridized carbons (Fsp3) is 0.0476. The Kier molecular flexibility index (Phi) is 6.77. The summed E-state index contributed by atoms with van der Waals surface area (Å²) in [6, 6.07) is 11.1. The number of aromatic nitrogens is 1. The van der Waals surface area contributed by atoms with Crippen LogP contribution in [0.15, 0.2) is 54.7 Å². The summed E-state index contributed by atoms with van der Waals surface area (Å²) in [7, 11) is 0. The smallest absolute Gasteiger partial charge is 0.323 e. The molecule has 0 saturated heterocycles. The topological polar surface area (TPSA) is 129 Å². The van der Waals surface area contributed by atoms with Crippen LogP contribution < -0.4 is 21.7 Å². The van der Waals surface area contributed by atoms with Crippen molar-refractivity contribution in [3.63, 3.8) is 0 Å². The van der Waals surface area contributed by atoms with E-state index in [2.05, 4.69) is 20.9 Å². The van der Waals surface area contributed by atoms with E-state index < -0.39 is 18.4 Å². The normalized spacial score (nSPS) is 9.97. The molecule has 32 heavy (non-hydrogen) atoms. The zero-order chi connectivity index (χ0) is 22.5. The van der Waals surface area contributed by atoms with Gasteiger partial charge in [-0.1, -0.05) is 24.3 Å². The van der Waals surface area contributed by atoms with Crippen LogP contribution in [-0.4, -0.2) is 22.8 Å². The number of anilines is 3. The van der Waals surface area contributed by atoms with E-state index in [-0.39, 0.29) is 22.9 Å². The van der Waals surface area contributed by atoms with E-state index in [9.17, 15) is 23.2 Å². The van der Waals surface area contributed by atoms with Crippen molar-refractivity contribution in [2.24, 2.45) is 5.73 Å². The van der Waals surface area contributed by atoms with Gasteiger partial charge in [-0.25, -0.2) is 4.79 Å². The first-order valence-corrected chi connectivity index (χ1v) is 9.00. The molecule has 0 unspecified atom stereocenters. The van der Waals surface area contributed by atoms with Crippen molar-refractivity contribution in [2.75, 3.05) is 16.0 Å². The number of hydrogen-bond acceptors (Lipinski definition) is 3. The average molecular weight is 683 g/mol. The van der Waals surface area contributed by atoms with Crippen LogP contribution in [0.3, 0.4) is 0 Å². The zero-order valence-corrected chi connectivity index (χ0v) is 18.9. The van der Waals surface area contributed by atoms with Gasteiger partial charge in [0.1, 0.15) is 5.82 Å². The van der Waals surface area contributed by atoms with Gasteiger partial charge in [0, 0.05) is 30.1 Å². The van der Waals surface area contributed by atoms with E-state index in [0.29, 0.717) is 22.5 Å². The SMILES string of the molecule is CC(=O)Nc1[nH]cc(-c2ccc(NC(=O)Nc3ccc([C-](F)F)cc3)cc2)c1C(N)=O.[Fm]. The molecule has 0 bridgehead atoms. The largest absolute Gasteiger partial charge is 0.365 e. The maximum atomic E-state index is 12.5. The van der Waals surface area contributed by atoms with Gasteiger partial charge in [0.2, 0.25) is 5.91 Å². The first-order chi connectivity index (χ1) is 14.7. The van der Waals surface area contributed by atoms with E-state index in [1.54, 1.807) is 30.5 Å². The van der Waals surface area contributed by atoms with Crippen LogP contribution in [0.25, 0.3) is 11.1 Å². The molecule has 11 heteroatoms. The number of urea groups is 1. The molecule has 0 radical (unpaired) electrons. The third-order valence-electron chi connectivity index (χ3n) is 4.24. The van der Waals surface area contributed by atoms with Crippen LogP contribution in [0, 0.1) is 6.43 Å². The Morgan fingerprint density at radius 2 is 1.44 bits per heavy atom. The molecule has 3 rings (SSSR count). The monoisotopic (exact) mass is 683 g/mol. The number of hydrogen-bond donors (Lipinski definition) is 5. The Morgan fingerprint density at radius 3 is 1.91 bits per heavy atom. The quantitative estimate of drug-likeness (QED) is 0.251. The van der Waals surface area contributed by atoms with Gasteiger partial charge >= 0.3 is 6.03 Å². The summed E-state index contributed by atoms with van der Waals surface area (Å²) >= 11 is 0. The van der Waals surface area contributed by atoms with Crippen molar-refractivity contribution in [2.45, 2.75) is 6.92 Å². The van der Waals surface area contributed by atoms with Crippen molar-refractivity contribution in [1.82, 2.24) is 4.98 Å². The second-order valence-electron chi connectivity index (χ2n) is 6.49. The maximum absolute atomic E-state index is 12.5. The molecule has 3 aromatic rings. The molecule has 1 aromatic heterocycles. The number of H-pyrrole nitrogens is 1. The van der Waals surface area contributed by atoms with E-state index in [0.717, 1.165) is 0 Å². The molecule has 1 heterocycles. The van der Waals surface area contributed by atoms with Gasteiger partial charge < -0.3 is 26.7 Å². The summed E-state index contributed by atoms with van der Waals surface area (Å²) in [5.41, 5.74) is 7.30. The fourth-order valence-corrected chi connectivity index (χ4v) is 2.89. The minimum Gasteiger partial charge on any atom is -0.365 e. The van der Waals surface area contributed by atoms with Crippen molar-refractivity contribution < 1.29 is 23.2 Å². The number of primary amides is 1. The Labute approximate surface area is 175 Å². The van der Waals surface area contributed by atoms with Gasteiger partial charge in [-0.15, -0.1) is 5.56 Å². The van der Waals surface area contributed by atoms with Crippen molar-refractivity contribution >= 4 is 35.0 Å². The van der Waals surface area contributed by atoms with E-state index >= 15 is 0 Å². The van der Waals surface area contributed by atoms with E-state index in [1.807, 2.05) is 0 Å². The molecule has 0 atom stereocenters. The van der Waals surface area contributed by atoms with Crippen LogP contribution in [0.5, 0.6) is 0 Å². The molecule has 0 spiro atoms. The summed E-state index contributed by atoms with van der Waals surface area (Å²) in [4.78, 5) is 38.1. The summed E-state index contributed by atoms with van der Waals surface area (Å²) < 4.78 is 25.0. The van der Waals surface area contributed by atoms with Crippen LogP contribution in [0.2, 0.25) is 0 Å². The fourth-order valence-electron chi connectivity index (χ4n) is 2.89. The number of carbonyl (C=O) groups is 3. The Hall–Kier alpha value is -5.34. The first kappa shape index (κ1) is 22.9. The summed E-state index contributed by atoms with van der Waals surface area (Å²) in [5.74, 6) is -0.866. The predicted octanol–water partition coefficient (Wildman–Crippen LogP) is 4.16. The Bertz CT molecular complexity index is 1120. The van der Waals surface area contributed by atoms with Crippen LogP contribution in [0.1, 0.15) is 22.8 Å². The van der Waals surface area contributed by atoms with Gasteiger partial charge in [0.05, 0.1) is 5.56 Å². The van der Waals surface area contributed by atoms with Gasteiger partial charge in [-0.2, -0.15) is 12.1 Å².